The van der Waals surface area contributed by atoms with Crippen molar-refractivity contribution in [3.63, 3.8) is 0 Å². The minimum absolute atomic E-state index is 0.226. The van der Waals surface area contributed by atoms with Crippen LogP contribution >= 0.6 is 0 Å². The van der Waals surface area contributed by atoms with E-state index in [0.717, 1.165) is 22.2 Å². The van der Waals surface area contributed by atoms with Gasteiger partial charge in [-0.2, -0.15) is 0 Å². The van der Waals surface area contributed by atoms with Gasteiger partial charge in [0.25, 0.3) is 0 Å². The van der Waals surface area contributed by atoms with Crippen LogP contribution in [0.1, 0.15) is 5.56 Å². The monoisotopic (exact) mass is 281 g/mol. The molecule has 0 aliphatic carbocycles. The molecule has 1 aromatic carbocycles. The first kappa shape index (κ1) is 13.2. The summed E-state index contributed by atoms with van der Waals surface area (Å²) in [4.78, 5) is 8.41. The van der Waals surface area contributed by atoms with Crippen molar-refractivity contribution in [2.45, 2.75) is 6.54 Å². The molecule has 3 rings (SSSR count). The summed E-state index contributed by atoms with van der Waals surface area (Å²) >= 11 is 0. The minimum Gasteiger partial charge on any atom is -0.508 e. The van der Waals surface area contributed by atoms with Crippen LogP contribution in [-0.2, 0) is 6.54 Å². The number of ether oxygens (including phenoxy) is 1. The third-order valence-corrected chi connectivity index (χ3v) is 3.22. The second-order valence-corrected chi connectivity index (χ2v) is 4.63. The first-order chi connectivity index (χ1) is 10.3. The fourth-order valence-corrected chi connectivity index (χ4v) is 2.16. The van der Waals surface area contributed by atoms with E-state index in [2.05, 4.69) is 15.3 Å². The summed E-state index contributed by atoms with van der Waals surface area (Å²) in [5, 5.41) is 14.8. The van der Waals surface area contributed by atoms with Gasteiger partial charge in [-0.3, -0.25) is 0 Å². The van der Waals surface area contributed by atoms with E-state index >= 15 is 0 Å². The maximum Gasteiger partial charge on any atom is 0.213 e. The highest BCUT2D eigenvalue weighted by molar-refractivity contribution is 5.92. The van der Waals surface area contributed by atoms with Crippen LogP contribution in [0.2, 0.25) is 0 Å². The average molecular weight is 281 g/mol. The maximum atomic E-state index is 9.63. The number of aromatic hydroxyl groups is 1. The maximum absolute atomic E-state index is 9.63. The van der Waals surface area contributed by atoms with Crippen LogP contribution in [-0.4, -0.2) is 22.2 Å². The van der Waals surface area contributed by atoms with Crippen molar-refractivity contribution in [2.24, 2.45) is 0 Å². The zero-order chi connectivity index (χ0) is 14.7. The molecule has 0 unspecified atom stereocenters. The third-order valence-electron chi connectivity index (χ3n) is 3.22. The van der Waals surface area contributed by atoms with Gasteiger partial charge < -0.3 is 15.2 Å². The van der Waals surface area contributed by atoms with E-state index in [4.69, 9.17) is 4.74 Å². The molecule has 0 fully saturated rings. The predicted molar refractivity (Wildman–Crippen MR) is 81.5 cm³/mol. The number of fused-ring (bicyclic) bond motifs is 1. The highest BCUT2D eigenvalue weighted by atomic mass is 16.5. The predicted octanol–water partition coefficient (Wildman–Crippen LogP) is 2.96. The second-order valence-electron chi connectivity index (χ2n) is 4.63. The number of aromatic nitrogens is 2. The molecule has 5 heteroatoms. The molecule has 0 amide bonds. The molecule has 0 aliphatic rings. The Kier molecular flexibility index (Phi) is 3.55. The Labute approximate surface area is 122 Å². The fourth-order valence-electron chi connectivity index (χ4n) is 2.16. The van der Waals surface area contributed by atoms with Crippen LogP contribution in [0.3, 0.4) is 0 Å². The SMILES string of the molecule is COc1cc(CNc2nccc3ccc(O)cc23)ccn1. The van der Waals surface area contributed by atoms with Gasteiger partial charge in [-0.15, -0.1) is 0 Å². The number of rotatable bonds is 4. The molecular formula is C16H15N3O2. The van der Waals surface area contributed by atoms with Crippen LogP contribution in [0.5, 0.6) is 11.6 Å². The number of pyridine rings is 2. The number of nitrogens with zero attached hydrogens (tertiary/aromatic N) is 2. The third kappa shape index (κ3) is 2.86. The minimum atomic E-state index is 0.226. The summed E-state index contributed by atoms with van der Waals surface area (Å²) < 4.78 is 5.11. The van der Waals surface area contributed by atoms with Crippen LogP contribution in [0.4, 0.5) is 5.82 Å². The molecule has 5 nitrogen and oxygen atoms in total. The summed E-state index contributed by atoms with van der Waals surface area (Å²) in [7, 11) is 1.59. The van der Waals surface area contributed by atoms with Crippen LogP contribution in [0.15, 0.2) is 48.8 Å². The molecule has 0 atom stereocenters. The number of hydrogen-bond acceptors (Lipinski definition) is 5. The molecule has 0 aliphatic heterocycles. The van der Waals surface area contributed by atoms with Gasteiger partial charge in [0.2, 0.25) is 5.88 Å². The quantitative estimate of drug-likeness (QED) is 0.769. The number of methoxy groups -OCH3 is 1. The smallest absolute Gasteiger partial charge is 0.213 e. The molecule has 0 radical (unpaired) electrons. The van der Waals surface area contributed by atoms with Crippen LogP contribution < -0.4 is 10.1 Å². The van der Waals surface area contributed by atoms with E-state index in [0.29, 0.717) is 12.4 Å². The lowest BCUT2D eigenvalue weighted by atomic mass is 10.1. The van der Waals surface area contributed by atoms with Crippen molar-refractivity contribution >= 4 is 16.6 Å². The molecule has 2 N–H and O–H groups in total. The van der Waals surface area contributed by atoms with Gasteiger partial charge in [0.05, 0.1) is 7.11 Å². The summed E-state index contributed by atoms with van der Waals surface area (Å²) in [5.41, 5.74) is 1.04. The summed E-state index contributed by atoms with van der Waals surface area (Å²) in [5.74, 6) is 1.54. The first-order valence-electron chi connectivity index (χ1n) is 6.57. The van der Waals surface area contributed by atoms with E-state index in [1.165, 1.54) is 0 Å². The number of phenols is 1. The average Bonchev–Trinajstić information content (AvgIpc) is 2.53. The molecule has 0 bridgehead atoms. The molecule has 2 heterocycles. The van der Waals surface area contributed by atoms with E-state index < -0.39 is 0 Å². The molecule has 0 saturated heterocycles. The Morgan fingerprint density at radius 1 is 1.10 bits per heavy atom. The van der Waals surface area contributed by atoms with Crippen molar-refractivity contribution < 1.29 is 9.84 Å². The van der Waals surface area contributed by atoms with E-state index in [9.17, 15) is 5.11 Å². The number of hydrogen-bond donors (Lipinski definition) is 2. The molecule has 106 valence electrons. The van der Waals surface area contributed by atoms with Gasteiger partial charge in [0, 0.05) is 30.4 Å². The van der Waals surface area contributed by atoms with Gasteiger partial charge in [-0.05, 0) is 35.2 Å². The number of anilines is 1. The Morgan fingerprint density at radius 2 is 1.95 bits per heavy atom. The highest BCUT2D eigenvalue weighted by Gasteiger charge is 2.04. The van der Waals surface area contributed by atoms with Gasteiger partial charge in [0.1, 0.15) is 11.6 Å². The lowest BCUT2D eigenvalue weighted by Gasteiger charge is -2.09. The van der Waals surface area contributed by atoms with Gasteiger partial charge >= 0.3 is 0 Å². The largest absolute Gasteiger partial charge is 0.508 e. The summed E-state index contributed by atoms with van der Waals surface area (Å²) in [6.07, 6.45) is 3.45. The zero-order valence-electron chi connectivity index (χ0n) is 11.6. The molecule has 0 saturated carbocycles. The molecule has 3 aromatic rings. The molecule has 21 heavy (non-hydrogen) atoms. The van der Waals surface area contributed by atoms with E-state index in [1.54, 1.807) is 31.6 Å². The number of phenolic OH excluding ortho intramolecular Hbond substituents is 1. The second kappa shape index (κ2) is 5.66. The molecular weight excluding hydrogens is 266 g/mol. The van der Waals surface area contributed by atoms with E-state index in [-0.39, 0.29) is 5.75 Å². The lowest BCUT2D eigenvalue weighted by molar-refractivity contribution is 0.397. The van der Waals surface area contributed by atoms with Crippen LogP contribution in [0.25, 0.3) is 10.8 Å². The van der Waals surface area contributed by atoms with Crippen molar-refractivity contribution in [1.29, 1.82) is 0 Å². The van der Waals surface area contributed by atoms with Crippen molar-refractivity contribution in [3.05, 3.63) is 54.4 Å². The topological polar surface area (TPSA) is 67.3 Å². The molecule has 0 spiro atoms. The van der Waals surface area contributed by atoms with Crippen molar-refractivity contribution in [1.82, 2.24) is 9.97 Å². The fraction of sp³-hybridized carbons (Fsp3) is 0.125. The normalized spacial score (nSPS) is 10.5. The standard InChI is InChI=1S/C16H15N3O2/c1-21-15-8-11(4-6-17-15)10-19-16-14-9-13(20)3-2-12(14)5-7-18-16/h2-9,20H,10H2,1H3,(H,18,19). The summed E-state index contributed by atoms with van der Waals surface area (Å²) in [6.45, 7) is 0.598. The number of nitrogens with one attached hydrogen (secondary N) is 1. The van der Waals surface area contributed by atoms with E-state index in [1.807, 2.05) is 24.3 Å². The summed E-state index contributed by atoms with van der Waals surface area (Å²) in [6, 6.07) is 10.9. The Balaban J connectivity index is 1.86. The highest BCUT2D eigenvalue weighted by Crippen LogP contribution is 2.25. The first-order valence-corrected chi connectivity index (χ1v) is 6.57. The molecule has 2 aromatic heterocycles. The Bertz CT molecular complexity index is 774. The zero-order valence-corrected chi connectivity index (χ0v) is 11.6. The van der Waals surface area contributed by atoms with Gasteiger partial charge in [0.15, 0.2) is 0 Å². The van der Waals surface area contributed by atoms with Gasteiger partial charge in [-0.1, -0.05) is 6.07 Å². The lowest BCUT2D eigenvalue weighted by Crippen LogP contribution is -2.02. The van der Waals surface area contributed by atoms with Crippen molar-refractivity contribution in [3.8, 4) is 11.6 Å². The van der Waals surface area contributed by atoms with Gasteiger partial charge in [-0.25, -0.2) is 9.97 Å². The van der Waals surface area contributed by atoms with Crippen LogP contribution in [0, 0.1) is 0 Å². The number of benzene rings is 1. The Hall–Kier alpha value is -2.82. The van der Waals surface area contributed by atoms with Crippen molar-refractivity contribution in [2.75, 3.05) is 12.4 Å². The Morgan fingerprint density at radius 3 is 2.81 bits per heavy atom.